The number of aryl methyl sites for hydroxylation is 1. The van der Waals surface area contributed by atoms with Crippen LogP contribution in [0.3, 0.4) is 0 Å². The quantitative estimate of drug-likeness (QED) is 0.610. The number of aliphatic carboxylic acids is 2. The predicted molar refractivity (Wildman–Crippen MR) is 76.3 cm³/mol. The van der Waals surface area contributed by atoms with Crippen molar-refractivity contribution in [2.75, 3.05) is 5.32 Å². The number of benzene rings is 1. The second-order valence-corrected chi connectivity index (χ2v) is 4.53. The van der Waals surface area contributed by atoms with Gasteiger partial charge < -0.3 is 20.8 Å². The van der Waals surface area contributed by atoms with Gasteiger partial charge in [0.05, 0.1) is 6.42 Å². The molecule has 1 atom stereocenters. The highest BCUT2D eigenvalue weighted by Gasteiger charge is 2.22. The predicted octanol–water partition coefficient (Wildman–Crippen LogP) is 1.69. The number of carbonyl (C=O) groups is 3. The number of urea groups is 1. The van der Waals surface area contributed by atoms with Gasteiger partial charge in [-0.1, -0.05) is 25.5 Å². The summed E-state index contributed by atoms with van der Waals surface area (Å²) in [7, 11) is 0. The SMILES string of the molecule is CCCc1ccc(NC(=O)N[C@@H](CC(=O)O)C(=O)O)cc1. The summed E-state index contributed by atoms with van der Waals surface area (Å²) in [6.45, 7) is 2.06. The molecule has 4 N–H and O–H groups in total. The molecule has 7 heteroatoms. The third-order valence-electron chi connectivity index (χ3n) is 2.73. The zero-order valence-electron chi connectivity index (χ0n) is 11.6. The van der Waals surface area contributed by atoms with Crippen LogP contribution in [0.5, 0.6) is 0 Å². The lowest BCUT2D eigenvalue weighted by atomic mass is 10.1. The Kier molecular flexibility index (Phi) is 6.19. The van der Waals surface area contributed by atoms with E-state index in [-0.39, 0.29) is 0 Å². The summed E-state index contributed by atoms with van der Waals surface area (Å²) in [5, 5.41) is 22.0. The van der Waals surface area contributed by atoms with Gasteiger partial charge in [0.25, 0.3) is 0 Å². The van der Waals surface area contributed by atoms with Crippen molar-refractivity contribution in [2.24, 2.45) is 0 Å². The molecule has 114 valence electrons. The smallest absolute Gasteiger partial charge is 0.326 e. The lowest BCUT2D eigenvalue weighted by molar-refractivity contribution is -0.145. The lowest BCUT2D eigenvalue weighted by Gasteiger charge is -2.13. The first kappa shape index (κ1) is 16.5. The van der Waals surface area contributed by atoms with Gasteiger partial charge in [-0.3, -0.25) is 4.79 Å². The molecule has 0 unspecified atom stereocenters. The number of nitrogens with one attached hydrogen (secondary N) is 2. The molecule has 1 aromatic carbocycles. The molecule has 0 aliphatic carbocycles. The molecule has 0 fully saturated rings. The maximum atomic E-state index is 11.6. The molecule has 0 aliphatic rings. The van der Waals surface area contributed by atoms with E-state index in [0.717, 1.165) is 18.4 Å². The molecule has 1 rings (SSSR count). The van der Waals surface area contributed by atoms with Crippen molar-refractivity contribution in [1.29, 1.82) is 0 Å². The minimum atomic E-state index is -1.47. The van der Waals surface area contributed by atoms with Crippen molar-refractivity contribution >= 4 is 23.7 Å². The van der Waals surface area contributed by atoms with E-state index in [0.29, 0.717) is 5.69 Å². The summed E-state index contributed by atoms with van der Waals surface area (Å²) in [6, 6.07) is 4.92. The average molecular weight is 294 g/mol. The molecule has 0 heterocycles. The molecule has 7 nitrogen and oxygen atoms in total. The zero-order valence-corrected chi connectivity index (χ0v) is 11.6. The minimum absolute atomic E-state index is 0.506. The Morgan fingerprint density at radius 2 is 1.76 bits per heavy atom. The van der Waals surface area contributed by atoms with Crippen molar-refractivity contribution < 1.29 is 24.6 Å². The highest BCUT2D eigenvalue weighted by atomic mass is 16.4. The number of hydrogen-bond acceptors (Lipinski definition) is 3. The van der Waals surface area contributed by atoms with E-state index in [4.69, 9.17) is 10.2 Å². The lowest BCUT2D eigenvalue weighted by Crippen LogP contribution is -2.44. The molecule has 1 aromatic rings. The Balaban J connectivity index is 2.59. The number of hydrogen-bond donors (Lipinski definition) is 4. The number of carbonyl (C=O) groups excluding carboxylic acids is 1. The van der Waals surface area contributed by atoms with Crippen LogP contribution in [0.25, 0.3) is 0 Å². The molecule has 0 aliphatic heterocycles. The summed E-state index contributed by atoms with van der Waals surface area (Å²) < 4.78 is 0. The summed E-state index contributed by atoms with van der Waals surface area (Å²) >= 11 is 0. The third kappa shape index (κ3) is 5.94. The van der Waals surface area contributed by atoms with E-state index in [1.165, 1.54) is 0 Å². The van der Waals surface area contributed by atoms with E-state index in [1.807, 2.05) is 12.1 Å². The third-order valence-corrected chi connectivity index (χ3v) is 2.73. The van der Waals surface area contributed by atoms with E-state index >= 15 is 0 Å². The van der Waals surface area contributed by atoms with Crippen molar-refractivity contribution in [3.63, 3.8) is 0 Å². The Labute approximate surface area is 122 Å². The molecule has 2 amide bonds. The highest BCUT2D eigenvalue weighted by molar-refractivity contribution is 5.93. The van der Waals surface area contributed by atoms with Crippen LogP contribution in [-0.4, -0.2) is 34.2 Å². The molecule has 0 saturated carbocycles. The Morgan fingerprint density at radius 1 is 1.14 bits per heavy atom. The van der Waals surface area contributed by atoms with Gasteiger partial charge in [0, 0.05) is 5.69 Å². The van der Waals surface area contributed by atoms with E-state index in [2.05, 4.69) is 17.6 Å². The number of rotatable bonds is 7. The van der Waals surface area contributed by atoms with Crippen molar-refractivity contribution in [1.82, 2.24) is 5.32 Å². The monoisotopic (exact) mass is 294 g/mol. The van der Waals surface area contributed by atoms with Crippen LogP contribution >= 0.6 is 0 Å². The molecular weight excluding hydrogens is 276 g/mol. The first-order chi connectivity index (χ1) is 9.92. The van der Waals surface area contributed by atoms with Gasteiger partial charge in [0.2, 0.25) is 0 Å². The van der Waals surface area contributed by atoms with Gasteiger partial charge in [0.1, 0.15) is 6.04 Å². The number of carboxylic acid groups (broad SMARTS) is 2. The normalized spacial score (nSPS) is 11.5. The van der Waals surface area contributed by atoms with Crippen molar-refractivity contribution in [2.45, 2.75) is 32.2 Å². The fraction of sp³-hybridized carbons (Fsp3) is 0.357. The van der Waals surface area contributed by atoms with Crippen LogP contribution in [0.2, 0.25) is 0 Å². The Bertz CT molecular complexity index is 513. The molecule has 0 spiro atoms. The largest absolute Gasteiger partial charge is 0.481 e. The second-order valence-electron chi connectivity index (χ2n) is 4.53. The van der Waals surface area contributed by atoms with Crippen molar-refractivity contribution in [3.8, 4) is 0 Å². The van der Waals surface area contributed by atoms with E-state index < -0.39 is 30.4 Å². The molecule has 21 heavy (non-hydrogen) atoms. The molecule has 0 bridgehead atoms. The fourth-order valence-electron chi connectivity index (χ4n) is 1.74. The first-order valence-electron chi connectivity index (χ1n) is 6.53. The van der Waals surface area contributed by atoms with Crippen LogP contribution in [0.4, 0.5) is 10.5 Å². The fourth-order valence-corrected chi connectivity index (χ4v) is 1.74. The van der Waals surface area contributed by atoms with Gasteiger partial charge >= 0.3 is 18.0 Å². The van der Waals surface area contributed by atoms with Gasteiger partial charge in [0.15, 0.2) is 0 Å². The van der Waals surface area contributed by atoms with Gasteiger partial charge in [-0.05, 0) is 24.1 Å². The minimum Gasteiger partial charge on any atom is -0.481 e. The Hall–Kier alpha value is -2.57. The number of amides is 2. The van der Waals surface area contributed by atoms with Gasteiger partial charge in [-0.25, -0.2) is 9.59 Å². The maximum absolute atomic E-state index is 11.6. The van der Waals surface area contributed by atoms with Gasteiger partial charge in [-0.15, -0.1) is 0 Å². The highest BCUT2D eigenvalue weighted by Crippen LogP contribution is 2.11. The molecule has 0 saturated heterocycles. The molecule has 0 radical (unpaired) electrons. The van der Waals surface area contributed by atoms with Crippen molar-refractivity contribution in [3.05, 3.63) is 29.8 Å². The van der Waals surface area contributed by atoms with Crippen LogP contribution in [0.1, 0.15) is 25.3 Å². The summed E-state index contributed by atoms with van der Waals surface area (Å²) in [6.07, 6.45) is 1.27. The second kappa shape index (κ2) is 7.88. The Morgan fingerprint density at radius 3 is 2.24 bits per heavy atom. The summed E-state index contributed by atoms with van der Waals surface area (Å²) in [5.41, 5.74) is 1.64. The maximum Gasteiger partial charge on any atom is 0.326 e. The van der Waals surface area contributed by atoms with Gasteiger partial charge in [-0.2, -0.15) is 0 Å². The number of carboxylic acids is 2. The average Bonchev–Trinajstić information content (AvgIpc) is 2.40. The topological polar surface area (TPSA) is 116 Å². The standard InChI is InChI=1S/C14H18N2O5/c1-2-3-9-4-6-10(7-5-9)15-14(21)16-11(13(19)20)8-12(17)18/h4-7,11H,2-3,8H2,1H3,(H,17,18)(H,19,20)(H2,15,16,21)/t11-/m0/s1. The summed E-state index contributed by atoms with van der Waals surface area (Å²) in [4.78, 5) is 33.0. The van der Waals surface area contributed by atoms with Crippen LogP contribution in [-0.2, 0) is 16.0 Å². The zero-order chi connectivity index (χ0) is 15.8. The number of anilines is 1. The van der Waals surface area contributed by atoms with E-state index in [9.17, 15) is 14.4 Å². The van der Waals surface area contributed by atoms with Crippen LogP contribution in [0, 0.1) is 0 Å². The first-order valence-corrected chi connectivity index (χ1v) is 6.53. The van der Waals surface area contributed by atoms with Crippen LogP contribution < -0.4 is 10.6 Å². The van der Waals surface area contributed by atoms with E-state index in [1.54, 1.807) is 12.1 Å². The summed E-state index contributed by atoms with van der Waals surface area (Å²) in [5.74, 6) is -2.70. The van der Waals surface area contributed by atoms with Crippen LogP contribution in [0.15, 0.2) is 24.3 Å². The molecule has 0 aromatic heterocycles. The molecular formula is C14H18N2O5.